The van der Waals surface area contributed by atoms with Crippen LogP contribution in [0.15, 0.2) is 79.0 Å². The minimum absolute atomic E-state index is 0.0404. The van der Waals surface area contributed by atoms with Gasteiger partial charge in [0.1, 0.15) is 17.8 Å². The molecular formula is C30H29ClN4O. The predicted molar refractivity (Wildman–Crippen MR) is 145 cm³/mol. The first-order valence-electron chi connectivity index (χ1n) is 12.7. The number of aromatic amines is 1. The lowest BCUT2D eigenvalue weighted by molar-refractivity contribution is -0.121. The van der Waals surface area contributed by atoms with Crippen LogP contribution in [0.5, 0.6) is 0 Å². The number of benzene rings is 3. The number of aromatic nitrogens is 2. The van der Waals surface area contributed by atoms with Gasteiger partial charge in [-0.15, -0.1) is 0 Å². The van der Waals surface area contributed by atoms with Crippen LogP contribution in [0.2, 0.25) is 5.02 Å². The van der Waals surface area contributed by atoms with E-state index in [2.05, 4.69) is 62.6 Å². The zero-order valence-electron chi connectivity index (χ0n) is 20.1. The lowest BCUT2D eigenvalue weighted by atomic mass is 9.89. The molecule has 0 spiro atoms. The molecule has 4 aromatic rings. The maximum Gasteiger partial charge on any atom is 0.139 e. The van der Waals surface area contributed by atoms with Gasteiger partial charge in [0.25, 0.3) is 0 Å². The van der Waals surface area contributed by atoms with Crippen LogP contribution < -0.4 is 5.32 Å². The van der Waals surface area contributed by atoms with Gasteiger partial charge in [0.05, 0.1) is 16.9 Å². The summed E-state index contributed by atoms with van der Waals surface area (Å²) in [6, 6.07) is 25.3. The highest BCUT2D eigenvalue weighted by molar-refractivity contribution is 6.33. The molecule has 6 rings (SSSR count). The van der Waals surface area contributed by atoms with E-state index in [1.165, 1.54) is 11.1 Å². The van der Waals surface area contributed by atoms with E-state index in [-0.39, 0.29) is 6.17 Å². The fraction of sp³-hybridized carbons (Fsp3) is 0.267. The summed E-state index contributed by atoms with van der Waals surface area (Å²) >= 11 is 6.64. The van der Waals surface area contributed by atoms with Crippen molar-refractivity contribution in [2.45, 2.75) is 44.3 Å². The molecule has 36 heavy (non-hydrogen) atoms. The topological polar surface area (TPSA) is 61.0 Å². The number of anilines is 1. The number of halogens is 1. The number of hydrogen-bond acceptors (Lipinski definition) is 4. The summed E-state index contributed by atoms with van der Waals surface area (Å²) in [5.74, 6) is 1.14. The smallest absolute Gasteiger partial charge is 0.139 e. The average Bonchev–Trinajstić information content (AvgIpc) is 3.41. The summed E-state index contributed by atoms with van der Waals surface area (Å²) < 4.78 is 0. The zero-order chi connectivity index (χ0) is 24.5. The third-order valence-corrected chi connectivity index (χ3v) is 7.82. The first kappa shape index (κ1) is 23.0. The number of carbonyl (C=O) groups excluding carboxylic acids is 1. The van der Waals surface area contributed by atoms with Crippen molar-refractivity contribution < 1.29 is 4.79 Å². The second-order valence-corrected chi connectivity index (χ2v) is 10.1. The van der Waals surface area contributed by atoms with Crippen molar-refractivity contribution in [2.75, 3.05) is 11.9 Å². The highest BCUT2D eigenvalue weighted by Gasteiger charge is 2.34. The van der Waals surface area contributed by atoms with Gasteiger partial charge in [0, 0.05) is 36.7 Å². The van der Waals surface area contributed by atoms with Crippen molar-refractivity contribution >= 4 is 23.1 Å². The molecule has 3 aromatic carbocycles. The Hall–Kier alpha value is -3.41. The Labute approximate surface area is 216 Å². The van der Waals surface area contributed by atoms with Gasteiger partial charge in [0.2, 0.25) is 0 Å². The van der Waals surface area contributed by atoms with E-state index < -0.39 is 0 Å². The molecule has 1 aliphatic carbocycles. The molecule has 0 amide bonds. The van der Waals surface area contributed by atoms with Crippen molar-refractivity contribution in [3.63, 3.8) is 0 Å². The van der Waals surface area contributed by atoms with Crippen LogP contribution in [0.1, 0.15) is 43.0 Å². The third kappa shape index (κ3) is 4.57. The number of fused-ring (bicyclic) bond motifs is 1. The van der Waals surface area contributed by atoms with Gasteiger partial charge in [-0.05, 0) is 54.2 Å². The maximum atomic E-state index is 11.9. The molecule has 0 radical (unpaired) electrons. The summed E-state index contributed by atoms with van der Waals surface area (Å²) in [6.07, 6.45) is 6.15. The molecule has 0 bridgehead atoms. The SMILES string of the molecule is O=C1CCC(N2CCc3ccccc3C2Nc2ccc(Cl)c(-c3ncc(-c4ccccc4)[nH]3)c2)CC1. The number of H-pyrrole nitrogens is 1. The van der Waals surface area contributed by atoms with Crippen LogP contribution in [-0.2, 0) is 11.2 Å². The summed E-state index contributed by atoms with van der Waals surface area (Å²) in [6.45, 7) is 0.979. The van der Waals surface area contributed by atoms with E-state index in [0.717, 1.165) is 54.1 Å². The normalized spacial score (nSPS) is 18.7. The molecule has 5 nitrogen and oxygen atoms in total. The van der Waals surface area contributed by atoms with Gasteiger partial charge < -0.3 is 10.3 Å². The maximum absolute atomic E-state index is 11.9. The van der Waals surface area contributed by atoms with Gasteiger partial charge in [-0.3, -0.25) is 9.69 Å². The molecule has 1 atom stereocenters. The molecule has 1 aliphatic heterocycles. The molecule has 0 saturated heterocycles. The minimum Gasteiger partial charge on any atom is -0.366 e. The summed E-state index contributed by atoms with van der Waals surface area (Å²) in [5.41, 5.74) is 6.59. The van der Waals surface area contributed by atoms with Gasteiger partial charge >= 0.3 is 0 Å². The molecular weight excluding hydrogens is 468 g/mol. The molecule has 1 saturated carbocycles. The number of imidazole rings is 1. The number of Topliss-reactive ketones (excluding diaryl/α,β-unsaturated/α-hetero) is 1. The number of nitrogens with one attached hydrogen (secondary N) is 2. The second-order valence-electron chi connectivity index (χ2n) is 9.71. The van der Waals surface area contributed by atoms with Crippen molar-refractivity contribution in [3.8, 4) is 22.6 Å². The summed E-state index contributed by atoms with van der Waals surface area (Å²) in [5, 5.41) is 4.47. The minimum atomic E-state index is 0.0404. The van der Waals surface area contributed by atoms with Crippen LogP contribution in [-0.4, -0.2) is 33.2 Å². The number of hydrogen-bond donors (Lipinski definition) is 2. The van der Waals surface area contributed by atoms with Gasteiger partial charge in [0.15, 0.2) is 0 Å². The molecule has 2 aliphatic rings. The quantitative estimate of drug-likeness (QED) is 0.316. The van der Waals surface area contributed by atoms with Crippen molar-refractivity contribution in [1.82, 2.24) is 14.9 Å². The molecule has 2 heterocycles. The van der Waals surface area contributed by atoms with Gasteiger partial charge in [-0.25, -0.2) is 4.98 Å². The van der Waals surface area contributed by atoms with Gasteiger partial charge in [-0.2, -0.15) is 0 Å². The Morgan fingerprint density at radius 3 is 2.56 bits per heavy atom. The lowest BCUT2D eigenvalue weighted by Gasteiger charge is -2.44. The summed E-state index contributed by atoms with van der Waals surface area (Å²) in [7, 11) is 0. The van der Waals surface area contributed by atoms with Crippen LogP contribution in [0, 0.1) is 0 Å². The Balaban J connectivity index is 1.31. The molecule has 2 N–H and O–H groups in total. The fourth-order valence-corrected chi connectivity index (χ4v) is 5.78. The Kier molecular flexibility index (Phi) is 6.34. The predicted octanol–water partition coefficient (Wildman–Crippen LogP) is 6.88. The zero-order valence-corrected chi connectivity index (χ0v) is 20.8. The number of nitrogens with zero attached hydrogens (tertiary/aromatic N) is 2. The van der Waals surface area contributed by atoms with Crippen LogP contribution in [0.4, 0.5) is 5.69 Å². The van der Waals surface area contributed by atoms with Crippen molar-refractivity contribution in [1.29, 1.82) is 0 Å². The number of ketones is 1. The fourth-order valence-electron chi connectivity index (χ4n) is 5.57. The molecule has 182 valence electrons. The van der Waals surface area contributed by atoms with Crippen LogP contribution in [0.3, 0.4) is 0 Å². The Morgan fingerprint density at radius 1 is 0.944 bits per heavy atom. The largest absolute Gasteiger partial charge is 0.366 e. The highest BCUT2D eigenvalue weighted by Crippen LogP contribution is 2.37. The molecule has 1 fully saturated rings. The average molecular weight is 497 g/mol. The van der Waals surface area contributed by atoms with E-state index in [4.69, 9.17) is 11.6 Å². The number of rotatable bonds is 5. The summed E-state index contributed by atoms with van der Waals surface area (Å²) in [4.78, 5) is 22.5. The first-order valence-corrected chi connectivity index (χ1v) is 13.1. The lowest BCUT2D eigenvalue weighted by Crippen LogP contribution is -2.47. The standard InChI is InChI=1S/C30H29ClN4O/c31-27-15-10-22(18-26(27)29-32-19-28(34-29)21-7-2-1-3-8-21)33-30-25-9-5-4-6-20(25)16-17-35(30)23-11-13-24(36)14-12-23/h1-10,15,18-19,23,30,33H,11-14,16-17H2,(H,32,34). The van der Waals surface area contributed by atoms with Crippen molar-refractivity contribution in [3.05, 3.63) is 95.1 Å². The third-order valence-electron chi connectivity index (χ3n) is 7.49. The van der Waals surface area contributed by atoms with E-state index >= 15 is 0 Å². The van der Waals surface area contributed by atoms with E-state index in [1.807, 2.05) is 36.5 Å². The molecule has 1 aromatic heterocycles. The van der Waals surface area contributed by atoms with Crippen molar-refractivity contribution in [2.24, 2.45) is 0 Å². The Bertz CT molecular complexity index is 1370. The van der Waals surface area contributed by atoms with E-state index in [0.29, 0.717) is 29.7 Å². The van der Waals surface area contributed by atoms with Crippen LogP contribution in [0.25, 0.3) is 22.6 Å². The Morgan fingerprint density at radius 2 is 1.72 bits per heavy atom. The number of carbonyl (C=O) groups is 1. The second kappa shape index (κ2) is 9.92. The first-order chi connectivity index (χ1) is 17.7. The van der Waals surface area contributed by atoms with E-state index in [1.54, 1.807) is 0 Å². The van der Waals surface area contributed by atoms with E-state index in [9.17, 15) is 4.79 Å². The van der Waals surface area contributed by atoms with Crippen LogP contribution >= 0.6 is 11.6 Å². The molecule has 6 heteroatoms. The highest BCUT2D eigenvalue weighted by atomic mass is 35.5. The van der Waals surface area contributed by atoms with Gasteiger partial charge in [-0.1, -0.05) is 66.2 Å². The molecule has 1 unspecified atom stereocenters. The monoisotopic (exact) mass is 496 g/mol.